The number of rotatable bonds is 5. The molecule has 0 saturated heterocycles. The van der Waals surface area contributed by atoms with Gasteiger partial charge in [0.2, 0.25) is 0 Å². The zero-order valence-corrected chi connectivity index (χ0v) is 14.2. The Balaban J connectivity index is 1.95. The van der Waals surface area contributed by atoms with E-state index < -0.39 is 0 Å². The molecule has 6 heteroatoms. The predicted octanol–water partition coefficient (Wildman–Crippen LogP) is 2.95. The number of ether oxygens (including phenoxy) is 1. The summed E-state index contributed by atoms with van der Waals surface area (Å²) in [7, 11) is 1.63. The van der Waals surface area contributed by atoms with Gasteiger partial charge in [0, 0.05) is 24.5 Å². The molecular formula is C16H21N3O2S. The number of methoxy groups -OCH3 is 1. The molecule has 1 fully saturated rings. The van der Waals surface area contributed by atoms with Gasteiger partial charge in [0.25, 0.3) is 5.91 Å². The Bertz CT molecular complexity index is 722. The first-order valence-electron chi connectivity index (χ1n) is 7.58. The highest BCUT2D eigenvalue weighted by atomic mass is 32.1. The molecule has 5 nitrogen and oxygen atoms in total. The zero-order chi connectivity index (χ0) is 15.9. The summed E-state index contributed by atoms with van der Waals surface area (Å²) in [5, 5.41) is 3.99. The van der Waals surface area contributed by atoms with Crippen molar-refractivity contribution in [1.82, 2.24) is 15.3 Å². The van der Waals surface area contributed by atoms with E-state index in [1.165, 1.54) is 24.2 Å². The van der Waals surface area contributed by atoms with Gasteiger partial charge in [-0.15, -0.1) is 11.3 Å². The summed E-state index contributed by atoms with van der Waals surface area (Å²) in [6, 6.07) is -0.0173. The molecule has 0 aromatic carbocycles. The van der Waals surface area contributed by atoms with E-state index in [1.54, 1.807) is 7.11 Å². The lowest BCUT2D eigenvalue weighted by atomic mass is 10.1. The molecule has 22 heavy (non-hydrogen) atoms. The Kier molecular flexibility index (Phi) is 4.14. The van der Waals surface area contributed by atoms with Crippen LogP contribution in [0.5, 0.6) is 0 Å². The molecule has 118 valence electrons. The maximum Gasteiger partial charge on any atom is 0.262 e. The van der Waals surface area contributed by atoms with Gasteiger partial charge in [0.05, 0.1) is 17.2 Å². The molecule has 0 spiro atoms. The second kappa shape index (κ2) is 5.93. The van der Waals surface area contributed by atoms with Gasteiger partial charge >= 0.3 is 0 Å². The molecule has 2 heterocycles. The summed E-state index contributed by atoms with van der Waals surface area (Å²) in [6.07, 6.45) is 2.36. The summed E-state index contributed by atoms with van der Waals surface area (Å²) in [4.78, 5) is 23.4. The SMILES string of the molecule is COCC(C)NC(=O)c1sc2nc(C3CC3)nc(C)c2c1C. The topological polar surface area (TPSA) is 64.1 Å². The fraction of sp³-hybridized carbons (Fsp3) is 0.562. The van der Waals surface area contributed by atoms with Gasteiger partial charge in [-0.3, -0.25) is 4.79 Å². The van der Waals surface area contributed by atoms with E-state index in [2.05, 4.69) is 15.3 Å². The minimum absolute atomic E-state index is 0.0173. The number of nitrogens with one attached hydrogen (secondary N) is 1. The molecule has 0 bridgehead atoms. The van der Waals surface area contributed by atoms with Crippen molar-refractivity contribution in [1.29, 1.82) is 0 Å². The number of thiophene rings is 1. The highest BCUT2D eigenvalue weighted by Crippen LogP contribution is 2.40. The number of nitrogens with zero attached hydrogens (tertiary/aromatic N) is 2. The van der Waals surface area contributed by atoms with E-state index in [-0.39, 0.29) is 11.9 Å². The van der Waals surface area contributed by atoms with E-state index in [4.69, 9.17) is 4.74 Å². The first kappa shape index (κ1) is 15.4. The third-order valence-electron chi connectivity index (χ3n) is 3.93. The molecule has 0 aliphatic heterocycles. The third kappa shape index (κ3) is 2.85. The Morgan fingerprint density at radius 1 is 1.41 bits per heavy atom. The average Bonchev–Trinajstić information content (AvgIpc) is 3.23. The van der Waals surface area contributed by atoms with Crippen LogP contribution in [0.15, 0.2) is 0 Å². The van der Waals surface area contributed by atoms with Crippen molar-refractivity contribution in [2.45, 2.75) is 45.6 Å². The number of aryl methyl sites for hydroxylation is 2. The maximum absolute atomic E-state index is 12.5. The molecule has 1 aliphatic rings. The normalized spacial score (nSPS) is 16.0. The number of hydrogen-bond acceptors (Lipinski definition) is 5. The minimum atomic E-state index is -0.0579. The highest BCUT2D eigenvalue weighted by molar-refractivity contribution is 7.20. The van der Waals surface area contributed by atoms with Crippen LogP contribution < -0.4 is 5.32 Å². The molecule has 1 aliphatic carbocycles. The standard InChI is InChI=1S/C16H21N3O2S/c1-8(7-21-4)17-15(20)13-9(2)12-10(3)18-14(11-5-6-11)19-16(12)22-13/h8,11H,5-7H2,1-4H3,(H,17,20). The molecule has 2 aromatic rings. The monoisotopic (exact) mass is 319 g/mol. The van der Waals surface area contributed by atoms with Crippen molar-refractivity contribution in [2.24, 2.45) is 0 Å². The Morgan fingerprint density at radius 3 is 2.77 bits per heavy atom. The zero-order valence-electron chi connectivity index (χ0n) is 13.4. The molecule has 1 N–H and O–H groups in total. The predicted molar refractivity (Wildman–Crippen MR) is 87.7 cm³/mol. The number of amides is 1. The molecule has 1 atom stereocenters. The second-order valence-corrected chi connectivity index (χ2v) is 7.01. The fourth-order valence-electron chi connectivity index (χ4n) is 2.68. The van der Waals surface area contributed by atoms with Crippen LogP contribution in [0.4, 0.5) is 0 Å². The van der Waals surface area contributed by atoms with Crippen molar-refractivity contribution in [3.8, 4) is 0 Å². The summed E-state index contributed by atoms with van der Waals surface area (Å²) >= 11 is 1.46. The van der Waals surface area contributed by atoms with Crippen molar-refractivity contribution in [2.75, 3.05) is 13.7 Å². The van der Waals surface area contributed by atoms with Gasteiger partial charge < -0.3 is 10.1 Å². The van der Waals surface area contributed by atoms with Gasteiger partial charge in [0.1, 0.15) is 10.7 Å². The van der Waals surface area contributed by atoms with Crippen LogP contribution in [0.1, 0.15) is 52.4 Å². The largest absolute Gasteiger partial charge is 0.383 e. The second-order valence-electron chi connectivity index (χ2n) is 6.01. The van der Waals surface area contributed by atoms with Crippen molar-refractivity contribution >= 4 is 27.5 Å². The lowest BCUT2D eigenvalue weighted by Crippen LogP contribution is -2.35. The summed E-state index contributed by atoms with van der Waals surface area (Å²) in [5.41, 5.74) is 1.95. The number of carbonyl (C=O) groups is 1. The Morgan fingerprint density at radius 2 is 2.14 bits per heavy atom. The molecule has 1 amide bonds. The van der Waals surface area contributed by atoms with Gasteiger partial charge in [0.15, 0.2) is 0 Å². The highest BCUT2D eigenvalue weighted by Gasteiger charge is 2.28. The van der Waals surface area contributed by atoms with Crippen LogP contribution in [0.25, 0.3) is 10.2 Å². The van der Waals surface area contributed by atoms with E-state index in [1.807, 2.05) is 20.8 Å². The average molecular weight is 319 g/mol. The molecule has 0 radical (unpaired) electrons. The van der Waals surface area contributed by atoms with Gasteiger partial charge in [-0.25, -0.2) is 9.97 Å². The van der Waals surface area contributed by atoms with Gasteiger partial charge in [-0.2, -0.15) is 0 Å². The van der Waals surface area contributed by atoms with Gasteiger partial charge in [-0.1, -0.05) is 0 Å². The number of fused-ring (bicyclic) bond motifs is 1. The number of aromatic nitrogens is 2. The molecule has 1 unspecified atom stereocenters. The maximum atomic E-state index is 12.5. The smallest absolute Gasteiger partial charge is 0.262 e. The Hall–Kier alpha value is -1.53. The van der Waals surface area contributed by atoms with Crippen LogP contribution in [-0.2, 0) is 4.74 Å². The number of hydrogen-bond donors (Lipinski definition) is 1. The molecule has 1 saturated carbocycles. The van der Waals surface area contributed by atoms with Crippen LogP contribution >= 0.6 is 11.3 Å². The van der Waals surface area contributed by atoms with E-state index >= 15 is 0 Å². The first-order chi connectivity index (χ1) is 10.5. The van der Waals surface area contributed by atoms with Crippen LogP contribution in [-0.4, -0.2) is 35.6 Å². The molecule has 3 rings (SSSR count). The van der Waals surface area contributed by atoms with Gasteiger partial charge in [-0.05, 0) is 39.2 Å². The van der Waals surface area contributed by atoms with E-state index in [0.717, 1.165) is 32.2 Å². The lowest BCUT2D eigenvalue weighted by molar-refractivity contribution is 0.0909. The minimum Gasteiger partial charge on any atom is -0.383 e. The Labute approximate surface area is 134 Å². The van der Waals surface area contributed by atoms with E-state index in [9.17, 15) is 4.79 Å². The number of carbonyl (C=O) groups excluding carboxylic acids is 1. The van der Waals surface area contributed by atoms with Crippen molar-refractivity contribution in [3.63, 3.8) is 0 Å². The van der Waals surface area contributed by atoms with Crippen molar-refractivity contribution in [3.05, 3.63) is 22.0 Å². The third-order valence-corrected chi connectivity index (χ3v) is 5.12. The summed E-state index contributed by atoms with van der Waals surface area (Å²) < 4.78 is 5.06. The van der Waals surface area contributed by atoms with E-state index in [0.29, 0.717) is 12.5 Å². The van der Waals surface area contributed by atoms with Crippen LogP contribution in [0, 0.1) is 13.8 Å². The quantitative estimate of drug-likeness (QED) is 0.920. The van der Waals surface area contributed by atoms with Crippen molar-refractivity contribution < 1.29 is 9.53 Å². The van der Waals surface area contributed by atoms with Crippen LogP contribution in [0.3, 0.4) is 0 Å². The summed E-state index contributed by atoms with van der Waals surface area (Å²) in [5.74, 6) is 1.40. The fourth-order valence-corrected chi connectivity index (χ4v) is 3.82. The molecule has 2 aromatic heterocycles. The summed E-state index contributed by atoms with van der Waals surface area (Å²) in [6.45, 7) is 6.41. The van der Waals surface area contributed by atoms with Crippen LogP contribution in [0.2, 0.25) is 0 Å². The lowest BCUT2D eigenvalue weighted by Gasteiger charge is -2.12. The molecular weight excluding hydrogens is 298 g/mol. The first-order valence-corrected chi connectivity index (χ1v) is 8.40.